The predicted octanol–water partition coefficient (Wildman–Crippen LogP) is 2.24. The molecule has 0 amide bonds. The van der Waals surface area contributed by atoms with E-state index in [0.29, 0.717) is 23.2 Å². The van der Waals surface area contributed by atoms with Gasteiger partial charge in [-0.1, -0.05) is 27.7 Å². The normalized spacial score (nSPS) is 27.4. The molecule has 1 aliphatic carbocycles. The van der Waals surface area contributed by atoms with E-state index in [2.05, 4.69) is 43.5 Å². The van der Waals surface area contributed by atoms with Gasteiger partial charge in [-0.15, -0.1) is 0 Å². The minimum absolute atomic E-state index is 0.351. The largest absolute Gasteiger partial charge is 0.330 e. The van der Waals surface area contributed by atoms with Crippen molar-refractivity contribution in [3.63, 3.8) is 0 Å². The first-order valence-electron chi connectivity index (χ1n) is 6.20. The molecule has 1 aromatic rings. The molecule has 0 spiro atoms. The zero-order chi connectivity index (χ0) is 11.9. The Morgan fingerprint density at radius 2 is 2.19 bits per heavy atom. The summed E-state index contributed by atoms with van der Waals surface area (Å²) in [6.07, 6.45) is 1.92. The lowest BCUT2D eigenvalue weighted by Gasteiger charge is -2.10. The summed E-state index contributed by atoms with van der Waals surface area (Å²) < 4.78 is 2.16. The van der Waals surface area contributed by atoms with Crippen molar-refractivity contribution in [1.82, 2.24) is 9.78 Å². The highest BCUT2D eigenvalue weighted by atomic mass is 15.3. The summed E-state index contributed by atoms with van der Waals surface area (Å²) >= 11 is 0. The van der Waals surface area contributed by atoms with Gasteiger partial charge in [-0.25, -0.2) is 0 Å². The zero-order valence-corrected chi connectivity index (χ0v) is 10.8. The average molecular weight is 221 g/mol. The Morgan fingerprint density at radius 1 is 1.50 bits per heavy atom. The van der Waals surface area contributed by atoms with E-state index in [9.17, 15) is 0 Å². The van der Waals surface area contributed by atoms with Crippen molar-refractivity contribution in [1.29, 1.82) is 0 Å². The smallest absolute Gasteiger partial charge is 0.0492 e. The van der Waals surface area contributed by atoms with Crippen LogP contribution in [-0.4, -0.2) is 16.3 Å². The maximum absolute atomic E-state index is 5.83. The molecule has 16 heavy (non-hydrogen) atoms. The first kappa shape index (κ1) is 11.6. The second-order valence-electron chi connectivity index (χ2n) is 5.97. The fraction of sp³-hybridized carbons (Fsp3) is 0.769. The molecule has 90 valence electrons. The molecule has 0 unspecified atom stereocenters. The van der Waals surface area contributed by atoms with Crippen LogP contribution in [0.25, 0.3) is 0 Å². The number of aromatic nitrogens is 2. The van der Waals surface area contributed by atoms with Crippen LogP contribution in [0, 0.1) is 17.3 Å². The van der Waals surface area contributed by atoms with Crippen LogP contribution in [0.3, 0.4) is 0 Å². The van der Waals surface area contributed by atoms with Crippen LogP contribution in [0.5, 0.6) is 0 Å². The van der Waals surface area contributed by atoms with E-state index in [4.69, 9.17) is 5.73 Å². The van der Waals surface area contributed by atoms with Crippen LogP contribution in [0.2, 0.25) is 0 Å². The highest BCUT2D eigenvalue weighted by Crippen LogP contribution is 2.63. The number of nitrogens with two attached hydrogens (primary N) is 1. The van der Waals surface area contributed by atoms with E-state index in [-0.39, 0.29) is 0 Å². The molecule has 0 aromatic carbocycles. The van der Waals surface area contributed by atoms with E-state index in [1.165, 1.54) is 5.69 Å². The van der Waals surface area contributed by atoms with Crippen LogP contribution in [0.1, 0.15) is 39.3 Å². The van der Waals surface area contributed by atoms with Crippen LogP contribution < -0.4 is 5.73 Å². The van der Waals surface area contributed by atoms with Crippen LogP contribution in [0.15, 0.2) is 12.3 Å². The van der Waals surface area contributed by atoms with E-state index in [1.807, 2.05) is 6.20 Å². The summed E-state index contributed by atoms with van der Waals surface area (Å²) in [7, 11) is 0. The molecule has 0 saturated heterocycles. The molecule has 1 saturated carbocycles. The summed E-state index contributed by atoms with van der Waals surface area (Å²) in [5, 5.41) is 4.43. The standard InChI is InChI=1S/C13H23N3/c1-9(2)8-16-11(5-6-15-16)12-10(7-14)13(12,3)4/h5-6,9-10,12H,7-8,14H2,1-4H3/t10-,12+/m0/s1. The van der Waals surface area contributed by atoms with Gasteiger partial charge in [-0.3, -0.25) is 4.68 Å². The van der Waals surface area contributed by atoms with Crippen molar-refractivity contribution >= 4 is 0 Å². The third kappa shape index (κ3) is 1.77. The highest BCUT2D eigenvalue weighted by molar-refractivity contribution is 5.26. The molecule has 0 bridgehead atoms. The Balaban J connectivity index is 2.20. The molecule has 2 rings (SSSR count). The van der Waals surface area contributed by atoms with Gasteiger partial charge in [0.15, 0.2) is 0 Å². The van der Waals surface area contributed by atoms with Crippen molar-refractivity contribution in [3.05, 3.63) is 18.0 Å². The minimum Gasteiger partial charge on any atom is -0.330 e. The third-order valence-corrected chi connectivity index (χ3v) is 3.91. The van der Waals surface area contributed by atoms with Gasteiger partial charge in [-0.2, -0.15) is 5.10 Å². The Bertz CT molecular complexity index is 365. The maximum Gasteiger partial charge on any atom is 0.0492 e. The molecule has 3 heteroatoms. The maximum atomic E-state index is 5.83. The quantitative estimate of drug-likeness (QED) is 0.847. The van der Waals surface area contributed by atoms with E-state index >= 15 is 0 Å². The van der Waals surface area contributed by atoms with Crippen molar-refractivity contribution < 1.29 is 0 Å². The fourth-order valence-corrected chi connectivity index (χ4v) is 2.88. The molecular formula is C13H23N3. The lowest BCUT2D eigenvalue weighted by molar-refractivity contribution is 0.461. The van der Waals surface area contributed by atoms with E-state index in [1.54, 1.807) is 0 Å². The van der Waals surface area contributed by atoms with Crippen LogP contribution >= 0.6 is 0 Å². The second kappa shape index (κ2) is 3.88. The third-order valence-electron chi connectivity index (χ3n) is 3.91. The van der Waals surface area contributed by atoms with Crippen molar-refractivity contribution in [2.75, 3.05) is 6.54 Å². The molecule has 1 aromatic heterocycles. The van der Waals surface area contributed by atoms with Gasteiger partial charge in [0.2, 0.25) is 0 Å². The predicted molar refractivity (Wildman–Crippen MR) is 66.1 cm³/mol. The van der Waals surface area contributed by atoms with Gasteiger partial charge in [0, 0.05) is 24.4 Å². The molecule has 0 radical (unpaired) electrons. The van der Waals surface area contributed by atoms with E-state index in [0.717, 1.165) is 13.1 Å². The van der Waals surface area contributed by atoms with Gasteiger partial charge in [0.1, 0.15) is 0 Å². The van der Waals surface area contributed by atoms with Gasteiger partial charge < -0.3 is 5.73 Å². The number of hydrogen-bond donors (Lipinski definition) is 1. The molecule has 2 N–H and O–H groups in total. The molecule has 1 fully saturated rings. The van der Waals surface area contributed by atoms with Crippen molar-refractivity contribution in [3.8, 4) is 0 Å². The van der Waals surface area contributed by atoms with Gasteiger partial charge in [0.25, 0.3) is 0 Å². The zero-order valence-electron chi connectivity index (χ0n) is 10.8. The number of hydrogen-bond acceptors (Lipinski definition) is 2. The Hall–Kier alpha value is -0.830. The summed E-state index contributed by atoms with van der Waals surface area (Å²) in [6, 6.07) is 2.16. The lowest BCUT2D eigenvalue weighted by atomic mass is 10.1. The molecule has 0 aliphatic heterocycles. The Labute approximate surface area is 98.0 Å². The molecule has 3 nitrogen and oxygen atoms in total. The molecule has 1 heterocycles. The number of rotatable bonds is 4. The highest BCUT2D eigenvalue weighted by Gasteiger charge is 2.58. The lowest BCUT2D eigenvalue weighted by Crippen LogP contribution is -2.10. The monoisotopic (exact) mass is 221 g/mol. The number of nitrogens with zero attached hydrogens (tertiary/aromatic N) is 2. The van der Waals surface area contributed by atoms with Crippen LogP contribution in [0.4, 0.5) is 0 Å². The Kier molecular flexibility index (Phi) is 2.82. The molecule has 2 atom stereocenters. The van der Waals surface area contributed by atoms with E-state index < -0.39 is 0 Å². The first-order valence-corrected chi connectivity index (χ1v) is 6.20. The van der Waals surface area contributed by atoms with Gasteiger partial charge >= 0.3 is 0 Å². The Morgan fingerprint density at radius 3 is 2.69 bits per heavy atom. The fourth-order valence-electron chi connectivity index (χ4n) is 2.88. The summed E-state index contributed by atoms with van der Waals surface area (Å²) in [5.74, 6) is 1.85. The van der Waals surface area contributed by atoms with Crippen molar-refractivity contribution in [2.45, 2.75) is 40.2 Å². The van der Waals surface area contributed by atoms with Crippen LogP contribution in [-0.2, 0) is 6.54 Å². The summed E-state index contributed by atoms with van der Waals surface area (Å²) in [6.45, 7) is 10.9. The van der Waals surface area contributed by atoms with Gasteiger partial charge in [-0.05, 0) is 29.9 Å². The van der Waals surface area contributed by atoms with Crippen molar-refractivity contribution in [2.24, 2.45) is 23.0 Å². The molecular weight excluding hydrogens is 198 g/mol. The summed E-state index contributed by atoms with van der Waals surface area (Å²) in [5.41, 5.74) is 7.55. The minimum atomic E-state index is 0.351. The summed E-state index contributed by atoms with van der Waals surface area (Å²) in [4.78, 5) is 0. The second-order valence-corrected chi connectivity index (χ2v) is 5.97. The SMILES string of the molecule is CC(C)Cn1nccc1[C@H]1[C@H](CN)C1(C)C. The molecule has 1 aliphatic rings. The average Bonchev–Trinajstić information content (AvgIpc) is 2.55. The first-order chi connectivity index (χ1) is 7.48. The van der Waals surface area contributed by atoms with Gasteiger partial charge in [0.05, 0.1) is 0 Å². The topological polar surface area (TPSA) is 43.8 Å².